The molecule has 4 heteroatoms. The molecule has 0 saturated heterocycles. The lowest BCUT2D eigenvalue weighted by molar-refractivity contribution is 0.441. The number of rotatable bonds is 1. The van der Waals surface area contributed by atoms with Gasteiger partial charge in [-0.05, 0) is 35.2 Å². The predicted octanol–water partition coefficient (Wildman–Crippen LogP) is 3.34. The molecule has 1 unspecified atom stereocenters. The smallest absolute Gasteiger partial charge is 0.194 e. The van der Waals surface area contributed by atoms with Crippen LogP contribution in [0.5, 0.6) is 0 Å². The van der Waals surface area contributed by atoms with Gasteiger partial charge in [0.2, 0.25) is 0 Å². The van der Waals surface area contributed by atoms with Gasteiger partial charge in [0.15, 0.2) is 17.5 Å². The molecule has 2 aromatic rings. The number of benzene rings is 2. The van der Waals surface area contributed by atoms with E-state index in [9.17, 15) is 13.2 Å². The molecule has 1 aliphatic rings. The van der Waals surface area contributed by atoms with Gasteiger partial charge in [0.25, 0.3) is 0 Å². The molecule has 1 atom stereocenters. The Morgan fingerprint density at radius 1 is 1.00 bits per heavy atom. The van der Waals surface area contributed by atoms with Gasteiger partial charge in [0.1, 0.15) is 0 Å². The standard InChI is InChI=1S/C15H12F3N/c16-12-7-10(8-13(17)14(12)18)15-11-4-2-1-3-9(11)5-6-19-15/h1-4,7-8,15,19H,5-6H2. The van der Waals surface area contributed by atoms with E-state index < -0.39 is 17.5 Å². The quantitative estimate of drug-likeness (QED) is 0.778. The lowest BCUT2D eigenvalue weighted by Crippen LogP contribution is -2.30. The molecule has 19 heavy (non-hydrogen) atoms. The van der Waals surface area contributed by atoms with E-state index in [1.807, 2.05) is 24.3 Å². The second kappa shape index (κ2) is 4.70. The number of hydrogen-bond donors (Lipinski definition) is 1. The molecule has 0 fully saturated rings. The van der Waals surface area contributed by atoms with Crippen molar-refractivity contribution in [2.24, 2.45) is 0 Å². The van der Waals surface area contributed by atoms with Crippen LogP contribution in [0.1, 0.15) is 22.7 Å². The maximum atomic E-state index is 13.3. The monoisotopic (exact) mass is 263 g/mol. The molecular formula is C15H12F3N. The van der Waals surface area contributed by atoms with Crippen molar-refractivity contribution >= 4 is 0 Å². The summed E-state index contributed by atoms with van der Waals surface area (Å²) < 4.78 is 39.7. The van der Waals surface area contributed by atoms with E-state index in [0.29, 0.717) is 5.56 Å². The largest absolute Gasteiger partial charge is 0.306 e. The molecule has 1 nitrogen and oxygen atoms in total. The first-order valence-electron chi connectivity index (χ1n) is 6.12. The van der Waals surface area contributed by atoms with Crippen LogP contribution in [0.25, 0.3) is 0 Å². The molecule has 0 saturated carbocycles. The van der Waals surface area contributed by atoms with Crippen molar-refractivity contribution in [3.63, 3.8) is 0 Å². The molecule has 0 spiro atoms. The van der Waals surface area contributed by atoms with Crippen LogP contribution in [0, 0.1) is 17.5 Å². The van der Waals surface area contributed by atoms with Crippen molar-refractivity contribution in [2.75, 3.05) is 6.54 Å². The van der Waals surface area contributed by atoms with Gasteiger partial charge in [-0.2, -0.15) is 0 Å². The van der Waals surface area contributed by atoms with Gasteiger partial charge in [-0.25, -0.2) is 13.2 Å². The lowest BCUT2D eigenvalue weighted by atomic mass is 9.90. The van der Waals surface area contributed by atoms with Crippen LogP contribution in [-0.4, -0.2) is 6.54 Å². The molecular weight excluding hydrogens is 251 g/mol. The second-order valence-electron chi connectivity index (χ2n) is 4.63. The average molecular weight is 263 g/mol. The Morgan fingerprint density at radius 3 is 2.42 bits per heavy atom. The van der Waals surface area contributed by atoms with Crippen molar-refractivity contribution in [1.29, 1.82) is 0 Å². The summed E-state index contributed by atoms with van der Waals surface area (Å²) in [7, 11) is 0. The summed E-state index contributed by atoms with van der Waals surface area (Å²) in [5.74, 6) is -3.73. The Morgan fingerprint density at radius 2 is 1.68 bits per heavy atom. The number of fused-ring (bicyclic) bond motifs is 1. The summed E-state index contributed by atoms with van der Waals surface area (Å²) >= 11 is 0. The molecule has 1 aliphatic heterocycles. The highest BCUT2D eigenvalue weighted by molar-refractivity contribution is 5.39. The fraction of sp³-hybridized carbons (Fsp3) is 0.200. The molecule has 3 rings (SSSR count). The molecule has 98 valence electrons. The first kappa shape index (κ1) is 12.2. The fourth-order valence-corrected chi connectivity index (χ4v) is 2.54. The highest BCUT2D eigenvalue weighted by atomic mass is 19.2. The zero-order chi connectivity index (χ0) is 13.4. The number of hydrogen-bond acceptors (Lipinski definition) is 1. The fourth-order valence-electron chi connectivity index (χ4n) is 2.54. The van der Waals surface area contributed by atoms with Crippen LogP contribution in [0.3, 0.4) is 0 Å². The second-order valence-corrected chi connectivity index (χ2v) is 4.63. The van der Waals surface area contributed by atoms with Gasteiger partial charge in [0, 0.05) is 6.54 Å². The normalized spacial score (nSPS) is 18.2. The van der Waals surface area contributed by atoms with Crippen LogP contribution in [0.2, 0.25) is 0 Å². The maximum absolute atomic E-state index is 13.3. The summed E-state index contributed by atoms with van der Waals surface area (Å²) in [5, 5.41) is 3.21. The highest BCUT2D eigenvalue weighted by Crippen LogP contribution is 2.30. The van der Waals surface area contributed by atoms with Gasteiger partial charge in [-0.15, -0.1) is 0 Å². The van der Waals surface area contributed by atoms with Crippen LogP contribution in [0.4, 0.5) is 13.2 Å². The van der Waals surface area contributed by atoms with E-state index in [-0.39, 0.29) is 6.04 Å². The summed E-state index contributed by atoms with van der Waals surface area (Å²) in [5.41, 5.74) is 2.54. The van der Waals surface area contributed by atoms with E-state index in [1.165, 1.54) is 0 Å². The minimum absolute atomic E-state index is 0.297. The Hall–Kier alpha value is -1.81. The topological polar surface area (TPSA) is 12.0 Å². The molecule has 2 aromatic carbocycles. The molecule has 0 bridgehead atoms. The zero-order valence-electron chi connectivity index (χ0n) is 10.1. The summed E-state index contributed by atoms with van der Waals surface area (Å²) in [6.45, 7) is 0.724. The van der Waals surface area contributed by atoms with Crippen molar-refractivity contribution < 1.29 is 13.2 Å². The Bertz CT molecular complexity index is 602. The predicted molar refractivity (Wildman–Crippen MR) is 66.3 cm³/mol. The van der Waals surface area contributed by atoms with Crippen molar-refractivity contribution in [2.45, 2.75) is 12.5 Å². The lowest BCUT2D eigenvalue weighted by Gasteiger charge is -2.27. The van der Waals surface area contributed by atoms with Gasteiger partial charge in [-0.3, -0.25) is 0 Å². The minimum atomic E-state index is -1.42. The van der Waals surface area contributed by atoms with Gasteiger partial charge in [-0.1, -0.05) is 24.3 Å². The highest BCUT2D eigenvalue weighted by Gasteiger charge is 2.23. The SMILES string of the molecule is Fc1cc(C2NCCc3ccccc32)cc(F)c1F. The van der Waals surface area contributed by atoms with Crippen LogP contribution >= 0.6 is 0 Å². The van der Waals surface area contributed by atoms with E-state index in [4.69, 9.17) is 0 Å². The summed E-state index contributed by atoms with van der Waals surface area (Å²) in [6, 6.07) is 9.55. The van der Waals surface area contributed by atoms with E-state index >= 15 is 0 Å². The van der Waals surface area contributed by atoms with Crippen molar-refractivity contribution in [3.05, 3.63) is 70.5 Å². The maximum Gasteiger partial charge on any atom is 0.194 e. The molecule has 0 radical (unpaired) electrons. The zero-order valence-corrected chi connectivity index (χ0v) is 10.1. The van der Waals surface area contributed by atoms with Crippen molar-refractivity contribution in [3.8, 4) is 0 Å². The van der Waals surface area contributed by atoms with Crippen LogP contribution in [0.15, 0.2) is 36.4 Å². The van der Waals surface area contributed by atoms with E-state index in [2.05, 4.69) is 5.32 Å². The first-order chi connectivity index (χ1) is 9.16. The van der Waals surface area contributed by atoms with Crippen molar-refractivity contribution in [1.82, 2.24) is 5.32 Å². The third kappa shape index (κ3) is 2.12. The van der Waals surface area contributed by atoms with Gasteiger partial charge < -0.3 is 5.32 Å². The van der Waals surface area contributed by atoms with E-state index in [1.54, 1.807) is 0 Å². The third-order valence-corrected chi connectivity index (χ3v) is 3.45. The Labute approximate surface area is 109 Å². The van der Waals surface area contributed by atoms with E-state index in [0.717, 1.165) is 36.2 Å². The Kier molecular flexibility index (Phi) is 3.03. The molecule has 0 aliphatic carbocycles. The summed E-state index contributed by atoms with van der Waals surface area (Å²) in [6.07, 6.45) is 0.874. The average Bonchev–Trinajstić information content (AvgIpc) is 2.43. The molecule has 1 heterocycles. The van der Waals surface area contributed by atoms with Crippen LogP contribution in [-0.2, 0) is 6.42 Å². The molecule has 0 amide bonds. The first-order valence-corrected chi connectivity index (χ1v) is 6.12. The molecule has 1 N–H and O–H groups in total. The van der Waals surface area contributed by atoms with Crippen LogP contribution < -0.4 is 5.32 Å². The minimum Gasteiger partial charge on any atom is -0.306 e. The molecule has 0 aromatic heterocycles. The third-order valence-electron chi connectivity index (χ3n) is 3.45. The summed E-state index contributed by atoms with van der Waals surface area (Å²) in [4.78, 5) is 0. The Balaban J connectivity index is 2.09. The van der Waals surface area contributed by atoms with Gasteiger partial charge >= 0.3 is 0 Å². The van der Waals surface area contributed by atoms with Gasteiger partial charge in [0.05, 0.1) is 6.04 Å². The number of nitrogens with one attached hydrogen (secondary N) is 1. The number of halogens is 3.